The van der Waals surface area contributed by atoms with E-state index in [4.69, 9.17) is 22.1 Å². The summed E-state index contributed by atoms with van der Waals surface area (Å²) in [5.41, 5.74) is 32.9. The summed E-state index contributed by atoms with van der Waals surface area (Å²) in [5, 5.41) is 23.6. The Balaban J connectivity index is 0.0000000998. The third kappa shape index (κ3) is 15.9. The summed E-state index contributed by atoms with van der Waals surface area (Å²) in [7, 11) is 10.6. The first-order valence-electron chi connectivity index (χ1n) is 50.9. The molecule has 2 aliphatic rings. The van der Waals surface area contributed by atoms with Crippen LogP contribution in [0.25, 0.3) is 220 Å². The Morgan fingerprint density at radius 1 is 0.271 bits per heavy atom. The molecule has 15 heterocycles. The number of aromatic nitrogens is 10. The number of fused-ring (bicyclic) bond motifs is 25. The van der Waals surface area contributed by atoms with Crippen molar-refractivity contribution in [1.82, 2.24) is 24.9 Å². The molecule has 0 spiro atoms. The molecular formula is C129H119N10O5+5. The quantitative estimate of drug-likeness (QED) is 0.135. The van der Waals surface area contributed by atoms with Gasteiger partial charge in [0.1, 0.15) is 35.2 Å². The topological polar surface area (TPSA) is 150 Å². The summed E-state index contributed by atoms with van der Waals surface area (Å²) in [6, 6.07) is 86.2. The largest absolute Gasteiger partial charge is 0.437 e. The summed E-state index contributed by atoms with van der Waals surface area (Å²) < 4.78 is 42.9. The van der Waals surface area contributed by atoms with Crippen molar-refractivity contribution in [3.63, 3.8) is 0 Å². The van der Waals surface area contributed by atoms with Gasteiger partial charge in [-0.05, 0) is 261 Å². The number of nitrogens with zero attached hydrogens (tertiary/aromatic N) is 10. The molecule has 15 nitrogen and oxygen atoms in total. The molecule has 0 atom stereocenters. The second kappa shape index (κ2) is 37.1. The van der Waals surface area contributed by atoms with E-state index < -0.39 is 0 Å². The van der Waals surface area contributed by atoms with Crippen LogP contribution in [0, 0.1) is 41.5 Å². The summed E-state index contributed by atoms with van der Waals surface area (Å²) in [5.74, 6) is 1.81. The van der Waals surface area contributed by atoms with Crippen LogP contribution in [-0.2, 0) is 40.7 Å². The van der Waals surface area contributed by atoms with Crippen molar-refractivity contribution in [2.45, 2.75) is 157 Å². The number of rotatable bonds is 8. The van der Waals surface area contributed by atoms with Gasteiger partial charge in [0, 0.05) is 145 Å². The van der Waals surface area contributed by atoms with Crippen molar-refractivity contribution in [2.75, 3.05) is 0 Å². The van der Waals surface area contributed by atoms with Crippen molar-refractivity contribution < 1.29 is 44.9 Å². The van der Waals surface area contributed by atoms with Crippen molar-refractivity contribution in [3.05, 3.63) is 360 Å². The van der Waals surface area contributed by atoms with Crippen molar-refractivity contribution >= 4 is 164 Å². The molecule has 15 aromatic heterocycles. The van der Waals surface area contributed by atoms with E-state index in [-0.39, 0.29) is 5.41 Å². The molecule has 0 N–H and O–H groups in total. The Hall–Kier alpha value is -16.0. The average molecular weight is 1890 g/mol. The number of aryl methyl sites for hydroxylation is 11. The molecule has 0 saturated heterocycles. The first kappa shape index (κ1) is 91.8. The van der Waals surface area contributed by atoms with Crippen LogP contribution in [0.4, 0.5) is 0 Å². The Labute approximate surface area is 837 Å². The SMILES string of the molecule is Cc1c(-c2cc(C(C)(C)C)cc[n+]2C)c2oc3ncccc3c2c2ccccc12.Cc1c(-c2cc(C(C)C)cc[n+]2C)c2oc3ncccc3c2c2ccccc12.Cc1c(-c2cc(C3CCCC3)cc[n+]2C)c2oc3ncccc3c2c2ccccc12.Cc1c(-c2cc(C3CCCCC3)cc[n+]2C)c2oc3ncccc3c2c2ccccc12.Cc1ccc(-c2c(C)c3ccccc3c3c2oc2ncccc23)[n+](C)c1. The zero-order chi connectivity index (χ0) is 98.8. The maximum Gasteiger partial charge on any atom is 0.227 e. The number of hydrogen-bond donors (Lipinski definition) is 0. The lowest BCUT2D eigenvalue weighted by molar-refractivity contribution is -0.660. The van der Waals surface area contributed by atoms with Gasteiger partial charge in [-0.2, -0.15) is 0 Å². The first-order valence-corrected chi connectivity index (χ1v) is 50.9. The standard InChI is InChI=1S/C28H27N2O.C27H25N2O.C26H25N2O.C25H23N2O.C23H19N2O/c1-18-21-11-6-7-12-22(21)26-23-13-8-15-29-28(23)31-27(26)25(18)24-17-20(14-16-30(24)2)19-9-4-3-5-10-19;1-17-20-10-5-6-11-21(20)25-22-12-7-14-28-27(22)30-26(25)24(17)23-16-19(13-15-29(23)2)18-8-3-4-9-18;1-16-18-9-6-7-10-19(18)23-20-11-8-13-27-25(20)29-24(23)22(16)21-15-17(26(2,3)4)12-14-28(21)5;1-15(2)17-11-13-27(4)21(14-17)22-16(3)18-8-5-6-9-19(18)23-20-10-7-12-26-25(20)28-24(22)23;1-14-10-11-19(25(3)13-14)20-15(2)16-7-4-5-8-17(16)21-18-9-6-12-24-23(18)26-22(20)21/h6-8,11-17,19H,3-5,9-10H2,1-2H3;5-7,10-16,18H,3-4,8-9H2,1-2H3;6-15H,1-5H3;5-15H,1-4H3;4-13H,1-3H3/q5*+1. The lowest BCUT2D eigenvalue weighted by Gasteiger charge is -2.22. The van der Waals surface area contributed by atoms with E-state index in [1.165, 1.54) is 206 Å². The number of pyridine rings is 10. The smallest absolute Gasteiger partial charge is 0.227 e. The monoisotopic (exact) mass is 1890 g/mol. The van der Waals surface area contributed by atoms with Gasteiger partial charge < -0.3 is 22.1 Å². The van der Waals surface area contributed by atoms with Gasteiger partial charge in [-0.1, -0.05) is 188 Å². The van der Waals surface area contributed by atoms with Crippen LogP contribution < -0.4 is 22.8 Å². The fourth-order valence-electron chi connectivity index (χ4n) is 23.4. The molecule has 2 saturated carbocycles. The highest BCUT2D eigenvalue weighted by molar-refractivity contribution is 6.28. The number of furan rings is 5. The van der Waals surface area contributed by atoms with E-state index in [1.54, 1.807) is 24.8 Å². The molecule has 0 amide bonds. The molecule has 2 aliphatic carbocycles. The van der Waals surface area contributed by atoms with Crippen LogP contribution in [0.5, 0.6) is 0 Å². The minimum atomic E-state index is 0.0717. The van der Waals surface area contributed by atoms with Crippen LogP contribution in [0.1, 0.15) is 166 Å². The minimum absolute atomic E-state index is 0.0717. The van der Waals surface area contributed by atoms with Crippen LogP contribution in [0.15, 0.2) is 327 Å². The van der Waals surface area contributed by atoms with Gasteiger partial charge in [0.05, 0.1) is 27.8 Å². The van der Waals surface area contributed by atoms with Gasteiger partial charge >= 0.3 is 0 Å². The lowest BCUT2D eigenvalue weighted by Crippen LogP contribution is -2.32. The molecule has 710 valence electrons. The highest BCUT2D eigenvalue weighted by Gasteiger charge is 2.34. The zero-order valence-electron chi connectivity index (χ0n) is 85.0. The Bertz CT molecular complexity index is 9460. The minimum Gasteiger partial charge on any atom is -0.437 e. The van der Waals surface area contributed by atoms with Gasteiger partial charge in [-0.15, -0.1) is 0 Å². The number of benzene rings is 10. The molecular weight excluding hydrogens is 1770 g/mol. The highest BCUT2D eigenvalue weighted by Crippen LogP contribution is 2.51. The molecule has 15 heteroatoms. The van der Waals surface area contributed by atoms with Crippen molar-refractivity contribution in [1.29, 1.82) is 0 Å². The Morgan fingerprint density at radius 2 is 0.535 bits per heavy atom. The van der Waals surface area contributed by atoms with Crippen LogP contribution >= 0.6 is 0 Å². The predicted molar refractivity (Wildman–Crippen MR) is 586 cm³/mol. The molecule has 2 fully saturated rings. The van der Waals surface area contributed by atoms with E-state index in [0.29, 0.717) is 46.3 Å². The summed E-state index contributed by atoms with van der Waals surface area (Å²) in [6.45, 7) is 24.3. The third-order valence-corrected chi connectivity index (χ3v) is 31.0. The maximum absolute atomic E-state index is 6.44. The van der Waals surface area contributed by atoms with Gasteiger partial charge in [0.15, 0.2) is 58.9 Å². The molecule has 27 rings (SSSR count). The Morgan fingerprint density at radius 3 is 0.833 bits per heavy atom. The fraction of sp³-hybridized carbons (Fsp3) is 0.225. The lowest BCUT2D eigenvalue weighted by atomic mass is 9.83. The van der Waals surface area contributed by atoms with E-state index in [0.717, 1.165) is 99.1 Å². The molecule has 0 unspecified atom stereocenters. The first-order chi connectivity index (χ1) is 70.0. The molecule has 0 aliphatic heterocycles. The second-order valence-corrected chi connectivity index (χ2v) is 41.2. The molecule has 0 bridgehead atoms. The van der Waals surface area contributed by atoms with Crippen molar-refractivity contribution in [2.24, 2.45) is 35.2 Å². The van der Waals surface area contributed by atoms with Gasteiger partial charge in [0.2, 0.25) is 57.0 Å². The highest BCUT2D eigenvalue weighted by atomic mass is 16.4. The summed E-state index contributed by atoms with van der Waals surface area (Å²) >= 11 is 0. The van der Waals surface area contributed by atoms with Gasteiger partial charge in [0.25, 0.3) is 0 Å². The van der Waals surface area contributed by atoms with E-state index >= 15 is 0 Å². The molecule has 25 aromatic rings. The van der Waals surface area contributed by atoms with Crippen LogP contribution in [0.3, 0.4) is 0 Å². The summed E-state index contributed by atoms with van der Waals surface area (Å²) in [4.78, 5) is 22.5. The van der Waals surface area contributed by atoms with Crippen LogP contribution in [-0.4, -0.2) is 24.9 Å². The Kier molecular flexibility index (Phi) is 23.7. The molecule has 10 aromatic carbocycles. The van der Waals surface area contributed by atoms with Gasteiger partial charge in [-0.3, -0.25) is 0 Å². The average Bonchev–Trinajstić information content (AvgIpc) is 1.71. The molecule has 144 heavy (non-hydrogen) atoms. The third-order valence-electron chi connectivity index (χ3n) is 31.0. The normalized spacial score (nSPS) is 13.3. The maximum atomic E-state index is 6.44. The van der Waals surface area contributed by atoms with Gasteiger partial charge in [-0.25, -0.2) is 47.8 Å². The fourth-order valence-corrected chi connectivity index (χ4v) is 23.4. The number of hydrogen-bond acceptors (Lipinski definition) is 10. The second-order valence-electron chi connectivity index (χ2n) is 41.2. The zero-order valence-corrected chi connectivity index (χ0v) is 85.0. The van der Waals surface area contributed by atoms with Crippen LogP contribution in [0.2, 0.25) is 0 Å². The van der Waals surface area contributed by atoms with E-state index in [1.807, 2.05) is 36.5 Å². The predicted octanol–water partition coefficient (Wildman–Crippen LogP) is 31.1. The van der Waals surface area contributed by atoms with Crippen molar-refractivity contribution in [3.8, 4) is 56.3 Å². The van der Waals surface area contributed by atoms with E-state index in [2.05, 4.69) is 402 Å². The summed E-state index contributed by atoms with van der Waals surface area (Å²) in [6.07, 6.45) is 31.8. The van der Waals surface area contributed by atoms with E-state index in [9.17, 15) is 0 Å². The molecule has 0 radical (unpaired) electrons.